The van der Waals surface area contributed by atoms with Gasteiger partial charge >= 0.3 is 0 Å². The summed E-state index contributed by atoms with van der Waals surface area (Å²) in [4.78, 5) is 0. The normalized spacial score (nSPS) is 9.00. The molecule has 0 heterocycles. The summed E-state index contributed by atoms with van der Waals surface area (Å²) >= 11 is 0. The van der Waals surface area contributed by atoms with Crippen LogP contribution in [0.25, 0.3) is 0 Å². The fraction of sp³-hybridized carbons (Fsp3) is 0. The van der Waals surface area contributed by atoms with E-state index >= 15 is 0 Å². The van der Waals surface area contributed by atoms with Crippen LogP contribution in [0.3, 0.4) is 0 Å². The zero-order valence-corrected chi connectivity index (χ0v) is 4.80. The standard InChI is InChI=1S/C8H9/c1-4-6-7-8(3)5-2/h2,4-7H,1,3H2. The Balaban J connectivity index is 3.69. The SMILES string of the molecule is [CH]=CC(=C)C=CC=C. The van der Waals surface area contributed by atoms with Crippen molar-refractivity contribution in [1.82, 2.24) is 0 Å². The molecule has 0 amide bonds. The quantitative estimate of drug-likeness (QED) is 0.483. The topological polar surface area (TPSA) is 0 Å². The maximum atomic E-state index is 5.10. The second-order valence-corrected chi connectivity index (χ2v) is 1.34. The lowest BCUT2D eigenvalue weighted by atomic mass is 10.3. The van der Waals surface area contributed by atoms with Gasteiger partial charge in [-0.2, -0.15) is 0 Å². The molecule has 0 nitrogen and oxygen atoms in total. The third-order valence-corrected chi connectivity index (χ3v) is 0.660. The highest BCUT2D eigenvalue weighted by Gasteiger charge is 1.70. The van der Waals surface area contributed by atoms with E-state index in [1.165, 1.54) is 6.08 Å². The zero-order chi connectivity index (χ0) is 6.41. The summed E-state index contributed by atoms with van der Waals surface area (Å²) in [5.41, 5.74) is 0.796. The van der Waals surface area contributed by atoms with Crippen LogP contribution in [0.15, 0.2) is 43.0 Å². The van der Waals surface area contributed by atoms with Crippen LogP contribution in [-0.2, 0) is 0 Å². The second-order valence-electron chi connectivity index (χ2n) is 1.34. The van der Waals surface area contributed by atoms with Crippen LogP contribution in [0.1, 0.15) is 0 Å². The molecule has 0 bridgehead atoms. The third-order valence-electron chi connectivity index (χ3n) is 0.660. The second kappa shape index (κ2) is 4.13. The molecule has 0 aliphatic heterocycles. The number of hydrogen-bond donors (Lipinski definition) is 0. The van der Waals surface area contributed by atoms with Gasteiger partial charge in [-0.1, -0.05) is 44.0 Å². The molecule has 0 saturated heterocycles. The van der Waals surface area contributed by atoms with Gasteiger partial charge in [0, 0.05) is 0 Å². The van der Waals surface area contributed by atoms with Crippen molar-refractivity contribution in [3.8, 4) is 0 Å². The van der Waals surface area contributed by atoms with E-state index in [1.807, 2.05) is 0 Å². The van der Waals surface area contributed by atoms with E-state index in [1.54, 1.807) is 18.2 Å². The van der Waals surface area contributed by atoms with Crippen molar-refractivity contribution in [3.63, 3.8) is 0 Å². The highest BCUT2D eigenvalue weighted by molar-refractivity contribution is 5.26. The van der Waals surface area contributed by atoms with Gasteiger partial charge in [0.05, 0.1) is 0 Å². The van der Waals surface area contributed by atoms with Gasteiger partial charge in [0.2, 0.25) is 0 Å². The molecule has 0 aliphatic carbocycles. The van der Waals surface area contributed by atoms with Gasteiger partial charge in [-0.25, -0.2) is 0 Å². The molecule has 0 heteroatoms. The first kappa shape index (κ1) is 6.96. The van der Waals surface area contributed by atoms with Gasteiger partial charge in [0.25, 0.3) is 0 Å². The van der Waals surface area contributed by atoms with E-state index < -0.39 is 0 Å². The van der Waals surface area contributed by atoms with Crippen molar-refractivity contribution in [1.29, 1.82) is 0 Å². The molecule has 0 atom stereocenters. The smallest absolute Gasteiger partial charge is 0.0329 e. The Morgan fingerprint density at radius 2 is 2.12 bits per heavy atom. The van der Waals surface area contributed by atoms with Crippen LogP contribution in [0.5, 0.6) is 0 Å². The average molecular weight is 105 g/mol. The Labute approximate surface area is 50.5 Å². The van der Waals surface area contributed by atoms with Crippen molar-refractivity contribution in [2.75, 3.05) is 0 Å². The van der Waals surface area contributed by atoms with Crippen molar-refractivity contribution >= 4 is 0 Å². The molecule has 0 aromatic rings. The van der Waals surface area contributed by atoms with Gasteiger partial charge in [-0.15, -0.1) is 0 Å². The lowest BCUT2D eigenvalue weighted by Gasteiger charge is -1.80. The summed E-state index contributed by atoms with van der Waals surface area (Å²) < 4.78 is 0. The molecule has 41 valence electrons. The molecular weight excluding hydrogens is 96.1 g/mol. The molecule has 0 fully saturated rings. The molecule has 0 aliphatic rings. The van der Waals surface area contributed by atoms with Crippen LogP contribution < -0.4 is 0 Å². The fourth-order valence-corrected chi connectivity index (χ4v) is 0.247. The number of hydrogen-bond acceptors (Lipinski definition) is 0. The van der Waals surface area contributed by atoms with Crippen molar-refractivity contribution < 1.29 is 0 Å². The van der Waals surface area contributed by atoms with Crippen molar-refractivity contribution in [2.45, 2.75) is 0 Å². The van der Waals surface area contributed by atoms with Crippen LogP contribution in [0, 0.1) is 6.58 Å². The lowest BCUT2D eigenvalue weighted by molar-refractivity contribution is 1.76. The molecule has 0 aromatic carbocycles. The Hall–Kier alpha value is -1.04. The molecule has 0 N–H and O–H groups in total. The molecular formula is C8H9. The Morgan fingerprint density at radius 1 is 1.50 bits per heavy atom. The summed E-state index contributed by atoms with van der Waals surface area (Å²) in [5, 5.41) is 0. The molecule has 1 radical (unpaired) electrons. The van der Waals surface area contributed by atoms with E-state index in [-0.39, 0.29) is 0 Å². The predicted octanol–water partition coefficient (Wildman–Crippen LogP) is 2.27. The number of rotatable bonds is 3. The van der Waals surface area contributed by atoms with Crippen LogP contribution in [-0.4, -0.2) is 0 Å². The van der Waals surface area contributed by atoms with Gasteiger partial charge in [0.15, 0.2) is 0 Å². The third kappa shape index (κ3) is 3.16. The Kier molecular flexibility index (Phi) is 3.59. The largest absolute Gasteiger partial charge is 0.0991 e. The van der Waals surface area contributed by atoms with E-state index in [4.69, 9.17) is 6.58 Å². The van der Waals surface area contributed by atoms with Gasteiger partial charge in [0.1, 0.15) is 0 Å². The van der Waals surface area contributed by atoms with Gasteiger partial charge < -0.3 is 0 Å². The molecule has 0 spiro atoms. The minimum Gasteiger partial charge on any atom is -0.0991 e. The summed E-state index contributed by atoms with van der Waals surface area (Å²) in [7, 11) is 0. The first-order chi connectivity index (χ1) is 3.81. The van der Waals surface area contributed by atoms with Crippen molar-refractivity contribution in [3.05, 3.63) is 49.6 Å². The van der Waals surface area contributed by atoms with Gasteiger partial charge in [-0.3, -0.25) is 0 Å². The van der Waals surface area contributed by atoms with E-state index in [9.17, 15) is 0 Å². The molecule has 0 unspecified atom stereocenters. The van der Waals surface area contributed by atoms with Gasteiger partial charge in [-0.05, 0) is 5.57 Å². The number of allylic oxidation sites excluding steroid dienone is 5. The van der Waals surface area contributed by atoms with E-state index in [0.717, 1.165) is 5.57 Å². The minimum absolute atomic E-state index is 0.796. The van der Waals surface area contributed by atoms with Crippen LogP contribution >= 0.6 is 0 Å². The van der Waals surface area contributed by atoms with E-state index in [0.29, 0.717) is 0 Å². The van der Waals surface area contributed by atoms with Crippen LogP contribution in [0.4, 0.5) is 0 Å². The first-order valence-electron chi connectivity index (χ1n) is 2.34. The van der Waals surface area contributed by atoms with E-state index in [2.05, 4.69) is 13.2 Å². The average Bonchev–Trinajstić information content (AvgIpc) is 1.83. The molecule has 8 heavy (non-hydrogen) atoms. The van der Waals surface area contributed by atoms with Crippen LogP contribution in [0.2, 0.25) is 0 Å². The maximum Gasteiger partial charge on any atom is -0.0329 e. The minimum atomic E-state index is 0.796. The zero-order valence-electron chi connectivity index (χ0n) is 4.80. The Morgan fingerprint density at radius 3 is 2.50 bits per heavy atom. The lowest BCUT2D eigenvalue weighted by Crippen LogP contribution is -1.60. The fourth-order valence-electron chi connectivity index (χ4n) is 0.247. The monoisotopic (exact) mass is 105 g/mol. The molecule has 0 rings (SSSR count). The summed E-state index contributed by atoms with van der Waals surface area (Å²) in [6, 6.07) is 0. The summed E-state index contributed by atoms with van der Waals surface area (Å²) in [5.74, 6) is 0. The molecule has 0 aromatic heterocycles. The highest BCUT2D eigenvalue weighted by atomic mass is 13.8. The first-order valence-corrected chi connectivity index (χ1v) is 2.34. The summed E-state index contributed by atoms with van der Waals surface area (Å²) in [6.45, 7) is 12.2. The van der Waals surface area contributed by atoms with Crippen molar-refractivity contribution in [2.24, 2.45) is 0 Å². The molecule has 0 saturated carbocycles. The summed E-state index contributed by atoms with van der Waals surface area (Å²) in [6.07, 6.45) is 6.69. The maximum absolute atomic E-state index is 5.10. The highest BCUT2D eigenvalue weighted by Crippen LogP contribution is 1.91. The predicted molar refractivity (Wildman–Crippen MR) is 37.3 cm³/mol. The Bertz CT molecular complexity index is 127.